The fraction of sp³-hybridized carbons (Fsp3) is 0.533. The monoisotopic (exact) mass is 282 g/mol. The molecule has 1 aromatic carbocycles. The van der Waals surface area contributed by atoms with Crippen molar-refractivity contribution in [3.63, 3.8) is 0 Å². The molecule has 1 saturated heterocycles. The van der Waals surface area contributed by atoms with Gasteiger partial charge >= 0.3 is 0 Å². The summed E-state index contributed by atoms with van der Waals surface area (Å²) < 4.78 is 0. The number of piperidine rings is 1. The van der Waals surface area contributed by atoms with Crippen LogP contribution in [0.5, 0.6) is 0 Å². The van der Waals surface area contributed by atoms with E-state index in [2.05, 4.69) is 30.4 Å². The van der Waals surface area contributed by atoms with Crippen molar-refractivity contribution in [2.24, 2.45) is 0 Å². The van der Waals surface area contributed by atoms with Gasteiger partial charge in [0, 0.05) is 13.6 Å². The molecule has 1 fully saturated rings. The lowest BCUT2D eigenvalue weighted by Gasteiger charge is -2.27. The lowest BCUT2D eigenvalue weighted by molar-refractivity contribution is -0.133. The van der Waals surface area contributed by atoms with E-state index in [0.717, 1.165) is 19.4 Å². The summed E-state index contributed by atoms with van der Waals surface area (Å²) in [5, 5.41) is 3.31. The minimum absolute atomic E-state index is 0. The number of amides is 1. The number of hydrogen-bond acceptors (Lipinski definition) is 2. The summed E-state index contributed by atoms with van der Waals surface area (Å²) in [7, 11) is 1.89. The fourth-order valence-electron chi connectivity index (χ4n) is 2.49. The zero-order valence-corrected chi connectivity index (χ0v) is 12.5. The molecule has 1 N–H and O–H groups in total. The summed E-state index contributed by atoms with van der Waals surface area (Å²) in [6.07, 6.45) is 3.31. The number of nitrogens with one attached hydrogen (secondary N) is 1. The van der Waals surface area contributed by atoms with Crippen LogP contribution in [0.15, 0.2) is 24.3 Å². The average molecular weight is 283 g/mol. The molecule has 0 radical (unpaired) electrons. The number of benzene rings is 1. The highest BCUT2D eigenvalue weighted by molar-refractivity contribution is 5.85. The number of carbonyl (C=O) groups excluding carboxylic acids is 1. The van der Waals surface area contributed by atoms with E-state index in [1.165, 1.54) is 17.5 Å². The van der Waals surface area contributed by atoms with Crippen LogP contribution in [0.1, 0.15) is 30.4 Å². The molecule has 0 aliphatic carbocycles. The van der Waals surface area contributed by atoms with Crippen LogP contribution in [0.3, 0.4) is 0 Å². The van der Waals surface area contributed by atoms with Crippen molar-refractivity contribution in [1.29, 1.82) is 0 Å². The van der Waals surface area contributed by atoms with E-state index in [4.69, 9.17) is 0 Å². The van der Waals surface area contributed by atoms with Crippen molar-refractivity contribution in [2.45, 2.75) is 38.8 Å². The van der Waals surface area contributed by atoms with Gasteiger partial charge in [0.05, 0.1) is 6.04 Å². The summed E-state index contributed by atoms with van der Waals surface area (Å²) in [4.78, 5) is 14.1. The van der Waals surface area contributed by atoms with Gasteiger partial charge in [-0.25, -0.2) is 0 Å². The van der Waals surface area contributed by atoms with Gasteiger partial charge in [-0.3, -0.25) is 4.79 Å². The number of nitrogens with zero attached hydrogens (tertiary/aromatic N) is 1. The molecule has 0 bridgehead atoms. The largest absolute Gasteiger partial charge is 0.340 e. The number of rotatable bonds is 3. The summed E-state index contributed by atoms with van der Waals surface area (Å²) in [6, 6.07) is 8.35. The van der Waals surface area contributed by atoms with Crippen molar-refractivity contribution >= 4 is 18.3 Å². The molecule has 1 heterocycles. The number of hydrogen-bond donors (Lipinski definition) is 1. The van der Waals surface area contributed by atoms with Crippen molar-refractivity contribution < 1.29 is 4.79 Å². The summed E-state index contributed by atoms with van der Waals surface area (Å²) in [5.41, 5.74) is 2.44. The highest BCUT2D eigenvalue weighted by atomic mass is 35.5. The third kappa shape index (κ3) is 4.51. The second-order valence-corrected chi connectivity index (χ2v) is 5.19. The van der Waals surface area contributed by atoms with Crippen LogP contribution in [0.25, 0.3) is 0 Å². The molecule has 1 atom stereocenters. The van der Waals surface area contributed by atoms with E-state index in [9.17, 15) is 4.79 Å². The van der Waals surface area contributed by atoms with E-state index in [-0.39, 0.29) is 24.4 Å². The van der Waals surface area contributed by atoms with Crippen LogP contribution in [-0.2, 0) is 11.3 Å². The van der Waals surface area contributed by atoms with Crippen LogP contribution < -0.4 is 5.32 Å². The number of halogens is 1. The quantitative estimate of drug-likeness (QED) is 0.924. The molecule has 1 aliphatic heterocycles. The topological polar surface area (TPSA) is 32.3 Å². The number of carbonyl (C=O) groups is 1. The van der Waals surface area contributed by atoms with Gasteiger partial charge < -0.3 is 10.2 Å². The third-order valence-corrected chi connectivity index (χ3v) is 3.49. The Kier molecular flexibility index (Phi) is 6.32. The minimum atomic E-state index is 0. The first kappa shape index (κ1) is 16.0. The molecule has 1 aromatic rings. The van der Waals surface area contributed by atoms with Crippen LogP contribution >= 0.6 is 12.4 Å². The van der Waals surface area contributed by atoms with Gasteiger partial charge in [-0.05, 0) is 31.9 Å². The molecule has 2 rings (SSSR count). The maximum atomic E-state index is 12.3. The standard InChI is InChI=1S/C15H22N2O.ClH/c1-12-6-5-7-13(10-12)11-17(2)15(18)14-8-3-4-9-16-14;/h5-7,10,14,16H,3-4,8-9,11H2,1-2H3;1H/t14-;/m0./s1. The Hall–Kier alpha value is -1.06. The SMILES string of the molecule is Cc1cccc(CN(C)C(=O)[C@@H]2CCCCN2)c1.Cl. The van der Waals surface area contributed by atoms with Crippen molar-refractivity contribution in [3.05, 3.63) is 35.4 Å². The van der Waals surface area contributed by atoms with Gasteiger partial charge in [-0.1, -0.05) is 36.2 Å². The smallest absolute Gasteiger partial charge is 0.239 e. The Balaban J connectivity index is 0.00000180. The summed E-state index contributed by atoms with van der Waals surface area (Å²) in [6.45, 7) is 3.74. The van der Waals surface area contributed by atoms with Gasteiger partial charge in [-0.2, -0.15) is 0 Å². The molecule has 0 unspecified atom stereocenters. The molecule has 19 heavy (non-hydrogen) atoms. The normalized spacial score (nSPS) is 18.5. The van der Waals surface area contributed by atoms with Crippen molar-refractivity contribution in [2.75, 3.05) is 13.6 Å². The van der Waals surface area contributed by atoms with Gasteiger partial charge in [0.15, 0.2) is 0 Å². The molecule has 1 aliphatic rings. The Bertz CT molecular complexity index is 416. The van der Waals surface area contributed by atoms with Gasteiger partial charge in [-0.15, -0.1) is 12.4 Å². The van der Waals surface area contributed by atoms with E-state index in [0.29, 0.717) is 6.54 Å². The first-order chi connectivity index (χ1) is 8.66. The minimum Gasteiger partial charge on any atom is -0.340 e. The Morgan fingerprint density at radius 3 is 2.84 bits per heavy atom. The molecule has 0 saturated carbocycles. The molecule has 3 nitrogen and oxygen atoms in total. The zero-order chi connectivity index (χ0) is 13.0. The summed E-state index contributed by atoms with van der Waals surface area (Å²) >= 11 is 0. The highest BCUT2D eigenvalue weighted by Gasteiger charge is 2.23. The Morgan fingerprint density at radius 2 is 2.21 bits per heavy atom. The van der Waals surface area contributed by atoms with Gasteiger partial charge in [0.2, 0.25) is 5.91 Å². The molecular formula is C15H23ClN2O. The summed E-state index contributed by atoms with van der Waals surface area (Å²) in [5.74, 6) is 0.219. The van der Waals surface area contributed by atoms with Crippen LogP contribution in [0, 0.1) is 6.92 Å². The second kappa shape index (κ2) is 7.51. The van der Waals surface area contributed by atoms with Crippen molar-refractivity contribution in [1.82, 2.24) is 10.2 Å². The van der Waals surface area contributed by atoms with E-state index >= 15 is 0 Å². The maximum Gasteiger partial charge on any atom is 0.239 e. The van der Waals surface area contributed by atoms with Crippen LogP contribution in [0.2, 0.25) is 0 Å². The Morgan fingerprint density at radius 1 is 1.42 bits per heavy atom. The fourth-order valence-corrected chi connectivity index (χ4v) is 2.49. The second-order valence-electron chi connectivity index (χ2n) is 5.19. The average Bonchev–Trinajstić information content (AvgIpc) is 2.39. The van der Waals surface area contributed by atoms with Crippen LogP contribution in [-0.4, -0.2) is 30.4 Å². The first-order valence-electron chi connectivity index (χ1n) is 6.71. The van der Waals surface area contributed by atoms with E-state index in [1.54, 1.807) is 0 Å². The first-order valence-corrected chi connectivity index (χ1v) is 6.71. The lowest BCUT2D eigenvalue weighted by Crippen LogP contribution is -2.46. The van der Waals surface area contributed by atoms with E-state index in [1.807, 2.05) is 18.0 Å². The predicted octanol–water partition coefficient (Wildman–Crippen LogP) is 2.52. The molecule has 0 spiro atoms. The maximum absolute atomic E-state index is 12.3. The molecule has 4 heteroatoms. The number of likely N-dealkylation sites (N-methyl/N-ethyl adjacent to an activating group) is 1. The molecular weight excluding hydrogens is 260 g/mol. The molecule has 1 amide bonds. The lowest BCUT2D eigenvalue weighted by atomic mass is 10.0. The van der Waals surface area contributed by atoms with Crippen LogP contribution in [0.4, 0.5) is 0 Å². The third-order valence-electron chi connectivity index (χ3n) is 3.49. The molecule has 106 valence electrons. The molecule has 0 aromatic heterocycles. The predicted molar refractivity (Wildman–Crippen MR) is 80.5 cm³/mol. The zero-order valence-electron chi connectivity index (χ0n) is 11.7. The van der Waals surface area contributed by atoms with E-state index < -0.39 is 0 Å². The van der Waals surface area contributed by atoms with Gasteiger partial charge in [0.25, 0.3) is 0 Å². The van der Waals surface area contributed by atoms with Crippen molar-refractivity contribution in [3.8, 4) is 0 Å². The number of aryl methyl sites for hydroxylation is 1. The Labute approximate surface area is 121 Å². The van der Waals surface area contributed by atoms with Gasteiger partial charge in [0.1, 0.15) is 0 Å². The highest BCUT2D eigenvalue weighted by Crippen LogP contribution is 2.12.